The maximum absolute atomic E-state index is 10.7. The van der Waals surface area contributed by atoms with E-state index in [9.17, 15) is 14.7 Å². The summed E-state index contributed by atoms with van der Waals surface area (Å²) in [4.78, 5) is 21.0. The molecule has 0 saturated heterocycles. The highest BCUT2D eigenvalue weighted by atomic mass is 79.9. The van der Waals surface area contributed by atoms with E-state index in [0.717, 1.165) is 4.47 Å². The second kappa shape index (κ2) is 4.75. The number of benzene rings is 1. The molecule has 1 rings (SSSR count). The molecule has 0 aliphatic carbocycles. The molecule has 0 fully saturated rings. The highest BCUT2D eigenvalue weighted by Crippen LogP contribution is 2.15. The van der Waals surface area contributed by atoms with E-state index in [1.54, 1.807) is 24.3 Å². The molecule has 0 radical (unpaired) electrons. The van der Waals surface area contributed by atoms with E-state index in [1.165, 1.54) is 0 Å². The zero-order valence-corrected chi connectivity index (χ0v) is 9.06. The molecular formula is C10H7BrO4. The van der Waals surface area contributed by atoms with Gasteiger partial charge in [-0.25, -0.2) is 4.79 Å². The Morgan fingerprint density at radius 3 is 2.13 bits per heavy atom. The lowest BCUT2D eigenvalue weighted by Crippen LogP contribution is -2.09. The van der Waals surface area contributed by atoms with Crippen LogP contribution in [0.15, 0.2) is 34.8 Å². The van der Waals surface area contributed by atoms with Gasteiger partial charge in [-0.2, -0.15) is 0 Å². The highest BCUT2D eigenvalue weighted by Gasteiger charge is 2.10. The first-order valence-electron chi connectivity index (χ1n) is 3.94. The van der Waals surface area contributed by atoms with Crippen LogP contribution in [0.5, 0.6) is 0 Å². The number of aliphatic carboxylic acids is 1. The Labute approximate surface area is 94.0 Å². The molecule has 0 aliphatic rings. The van der Waals surface area contributed by atoms with Gasteiger partial charge >= 0.3 is 5.97 Å². The summed E-state index contributed by atoms with van der Waals surface area (Å²) in [7, 11) is 0. The van der Waals surface area contributed by atoms with Crippen LogP contribution in [-0.2, 0) is 9.59 Å². The second-order valence-corrected chi connectivity index (χ2v) is 3.62. The van der Waals surface area contributed by atoms with Crippen molar-refractivity contribution in [3.05, 3.63) is 40.4 Å². The van der Waals surface area contributed by atoms with Crippen LogP contribution in [0.2, 0.25) is 0 Å². The molecule has 78 valence electrons. The van der Waals surface area contributed by atoms with Crippen molar-refractivity contribution in [2.24, 2.45) is 0 Å². The summed E-state index contributed by atoms with van der Waals surface area (Å²) in [5, 5.41) is 17.7. The van der Waals surface area contributed by atoms with Crippen LogP contribution in [-0.4, -0.2) is 22.0 Å². The maximum Gasteiger partial charge on any atom is 0.376 e. The quantitative estimate of drug-likeness (QED) is 0.501. The smallest absolute Gasteiger partial charge is 0.376 e. The minimum Gasteiger partial charge on any atom is -0.507 e. The van der Waals surface area contributed by atoms with Gasteiger partial charge in [-0.05, 0) is 12.1 Å². The van der Waals surface area contributed by atoms with Gasteiger partial charge in [0.2, 0.25) is 0 Å². The normalized spacial score (nSPS) is 11.1. The number of carboxylic acid groups (broad SMARTS) is 1. The molecule has 0 amide bonds. The summed E-state index contributed by atoms with van der Waals surface area (Å²) < 4.78 is 0.823. The van der Waals surface area contributed by atoms with Gasteiger partial charge in [0.15, 0.2) is 0 Å². The molecule has 0 saturated carbocycles. The predicted octanol–water partition coefficient (Wildman–Crippen LogP) is 2.00. The van der Waals surface area contributed by atoms with Gasteiger partial charge in [0.25, 0.3) is 5.78 Å². The fourth-order valence-electron chi connectivity index (χ4n) is 0.890. The first kappa shape index (κ1) is 11.5. The molecule has 0 atom stereocenters. The van der Waals surface area contributed by atoms with Crippen molar-refractivity contribution in [1.29, 1.82) is 0 Å². The molecule has 1 aromatic rings. The van der Waals surface area contributed by atoms with E-state index in [4.69, 9.17) is 5.11 Å². The molecule has 0 heterocycles. The van der Waals surface area contributed by atoms with Crippen molar-refractivity contribution >= 4 is 33.4 Å². The number of halogens is 1. The summed E-state index contributed by atoms with van der Waals surface area (Å²) in [6.45, 7) is 0. The number of aliphatic hydroxyl groups is 1. The monoisotopic (exact) mass is 270 g/mol. The lowest BCUT2D eigenvalue weighted by molar-refractivity contribution is -0.146. The molecule has 0 bridgehead atoms. The average Bonchev–Trinajstić information content (AvgIpc) is 2.18. The van der Waals surface area contributed by atoms with Gasteiger partial charge in [0.1, 0.15) is 5.76 Å². The number of carboxylic acids is 1. The van der Waals surface area contributed by atoms with Crippen LogP contribution in [0.25, 0.3) is 5.76 Å². The summed E-state index contributed by atoms with van der Waals surface area (Å²) in [6, 6.07) is 6.46. The number of rotatable bonds is 3. The van der Waals surface area contributed by atoms with E-state index in [-0.39, 0.29) is 5.76 Å². The molecule has 4 nitrogen and oxygen atoms in total. The number of hydrogen-bond donors (Lipinski definition) is 2. The Balaban J connectivity index is 2.94. The fourth-order valence-corrected chi connectivity index (χ4v) is 1.15. The Morgan fingerprint density at radius 2 is 1.67 bits per heavy atom. The number of hydrogen-bond acceptors (Lipinski definition) is 3. The minimum absolute atomic E-state index is 0.366. The topological polar surface area (TPSA) is 74.6 Å². The molecule has 2 N–H and O–H groups in total. The lowest BCUT2D eigenvalue weighted by atomic mass is 10.1. The number of carbonyl (C=O) groups is 2. The molecule has 15 heavy (non-hydrogen) atoms. The number of aliphatic hydroxyl groups excluding tert-OH is 1. The third-order valence-corrected chi connectivity index (χ3v) is 2.15. The first-order valence-corrected chi connectivity index (χ1v) is 4.74. The standard InChI is InChI=1S/C10H7BrO4/c11-7-3-1-6(2-4-7)8(12)5-9(13)10(14)15/h1-5,12H,(H,14,15). The van der Waals surface area contributed by atoms with Crippen LogP contribution in [0, 0.1) is 0 Å². The van der Waals surface area contributed by atoms with E-state index in [1.807, 2.05) is 0 Å². The molecule has 0 unspecified atom stereocenters. The molecule has 5 heteroatoms. The van der Waals surface area contributed by atoms with Crippen molar-refractivity contribution in [1.82, 2.24) is 0 Å². The first-order chi connectivity index (χ1) is 7.00. The summed E-state index contributed by atoms with van der Waals surface area (Å²) in [5.41, 5.74) is 0.382. The maximum atomic E-state index is 10.7. The summed E-state index contributed by atoms with van der Waals surface area (Å²) in [5.74, 6) is -3.12. The number of carbonyl (C=O) groups excluding carboxylic acids is 1. The van der Waals surface area contributed by atoms with Gasteiger partial charge < -0.3 is 10.2 Å². The van der Waals surface area contributed by atoms with Crippen molar-refractivity contribution < 1.29 is 19.8 Å². The zero-order chi connectivity index (χ0) is 11.4. The largest absolute Gasteiger partial charge is 0.507 e. The van der Waals surface area contributed by atoms with Crippen LogP contribution >= 0.6 is 15.9 Å². The van der Waals surface area contributed by atoms with E-state index in [2.05, 4.69) is 15.9 Å². The van der Waals surface area contributed by atoms with E-state index >= 15 is 0 Å². The van der Waals surface area contributed by atoms with Gasteiger partial charge in [0, 0.05) is 16.1 Å². The molecule has 0 aliphatic heterocycles. The SMILES string of the molecule is O=C(O)C(=O)C=C(O)c1ccc(Br)cc1. The van der Waals surface area contributed by atoms with Gasteiger partial charge in [0.05, 0.1) is 0 Å². The molecule has 0 aromatic heterocycles. The van der Waals surface area contributed by atoms with Gasteiger partial charge in [-0.1, -0.05) is 28.1 Å². The highest BCUT2D eigenvalue weighted by molar-refractivity contribution is 9.10. The van der Waals surface area contributed by atoms with Gasteiger partial charge in [-0.3, -0.25) is 4.79 Å². The van der Waals surface area contributed by atoms with Crippen molar-refractivity contribution in [2.45, 2.75) is 0 Å². The number of ketones is 1. The van der Waals surface area contributed by atoms with Crippen molar-refractivity contribution in [3.8, 4) is 0 Å². The van der Waals surface area contributed by atoms with E-state index in [0.29, 0.717) is 11.6 Å². The van der Waals surface area contributed by atoms with Gasteiger partial charge in [-0.15, -0.1) is 0 Å². The predicted molar refractivity (Wildman–Crippen MR) is 57.4 cm³/mol. The van der Waals surface area contributed by atoms with E-state index < -0.39 is 11.8 Å². The van der Waals surface area contributed by atoms with Crippen LogP contribution in [0.4, 0.5) is 0 Å². The van der Waals surface area contributed by atoms with Crippen LogP contribution in [0.1, 0.15) is 5.56 Å². The zero-order valence-electron chi connectivity index (χ0n) is 7.48. The van der Waals surface area contributed by atoms with Crippen LogP contribution < -0.4 is 0 Å². The Hall–Kier alpha value is -1.62. The average molecular weight is 271 g/mol. The minimum atomic E-state index is -1.60. The lowest BCUT2D eigenvalue weighted by Gasteiger charge is -1.98. The summed E-state index contributed by atoms with van der Waals surface area (Å²) >= 11 is 3.21. The second-order valence-electron chi connectivity index (χ2n) is 2.71. The Morgan fingerprint density at radius 1 is 1.13 bits per heavy atom. The Kier molecular flexibility index (Phi) is 3.62. The molecule has 0 spiro atoms. The molecule has 1 aromatic carbocycles. The molecular weight excluding hydrogens is 264 g/mol. The third kappa shape index (κ3) is 3.21. The summed E-state index contributed by atoms with van der Waals surface area (Å²) in [6.07, 6.45) is 0.672. The van der Waals surface area contributed by atoms with Crippen LogP contribution in [0.3, 0.4) is 0 Å². The third-order valence-electron chi connectivity index (χ3n) is 1.62. The Bertz CT molecular complexity index is 420. The fraction of sp³-hybridized carbons (Fsp3) is 0. The van der Waals surface area contributed by atoms with Crippen molar-refractivity contribution in [3.63, 3.8) is 0 Å². The van der Waals surface area contributed by atoms with Crippen molar-refractivity contribution in [2.75, 3.05) is 0 Å².